The van der Waals surface area contributed by atoms with Crippen LogP contribution in [0.15, 0.2) is 18.2 Å². The van der Waals surface area contributed by atoms with Gasteiger partial charge in [-0.1, -0.05) is 11.8 Å². The van der Waals surface area contributed by atoms with Crippen molar-refractivity contribution in [3.63, 3.8) is 0 Å². The molecule has 0 amide bonds. The van der Waals surface area contributed by atoms with Crippen molar-refractivity contribution >= 4 is 18.3 Å². The smallest absolute Gasteiger partial charge is 0.121 e. The van der Waals surface area contributed by atoms with Gasteiger partial charge in [-0.05, 0) is 12.1 Å². The van der Waals surface area contributed by atoms with Crippen molar-refractivity contribution < 1.29 is 4.74 Å². The van der Waals surface area contributed by atoms with E-state index in [0.717, 1.165) is 11.3 Å². The zero-order valence-corrected chi connectivity index (χ0v) is 8.27. The SMILES string of the molecule is COc1ccc(C#CCS)c(N)c1. The number of ether oxygens (including phenoxy) is 1. The minimum atomic E-state index is 0.533. The molecule has 3 heteroatoms. The summed E-state index contributed by atoms with van der Waals surface area (Å²) in [7, 11) is 1.61. The Labute approximate surface area is 83.5 Å². The van der Waals surface area contributed by atoms with Crippen LogP contribution in [0.25, 0.3) is 0 Å². The topological polar surface area (TPSA) is 35.2 Å². The molecule has 0 spiro atoms. The lowest BCUT2D eigenvalue weighted by atomic mass is 10.2. The Bertz CT molecular complexity index is 352. The van der Waals surface area contributed by atoms with Crippen molar-refractivity contribution in [2.45, 2.75) is 0 Å². The summed E-state index contributed by atoms with van der Waals surface area (Å²) in [6, 6.07) is 5.42. The lowest BCUT2D eigenvalue weighted by Crippen LogP contribution is -1.91. The first-order valence-electron chi connectivity index (χ1n) is 3.81. The Morgan fingerprint density at radius 1 is 1.54 bits per heavy atom. The van der Waals surface area contributed by atoms with Crippen LogP contribution >= 0.6 is 12.6 Å². The average Bonchev–Trinajstić information content (AvgIpc) is 2.16. The van der Waals surface area contributed by atoms with Gasteiger partial charge in [0.15, 0.2) is 0 Å². The van der Waals surface area contributed by atoms with Crippen LogP contribution in [-0.2, 0) is 0 Å². The maximum Gasteiger partial charge on any atom is 0.121 e. The van der Waals surface area contributed by atoms with E-state index in [2.05, 4.69) is 24.5 Å². The first-order valence-corrected chi connectivity index (χ1v) is 4.44. The van der Waals surface area contributed by atoms with Crippen LogP contribution in [0.5, 0.6) is 5.75 Å². The van der Waals surface area contributed by atoms with Crippen molar-refractivity contribution in [2.24, 2.45) is 0 Å². The van der Waals surface area contributed by atoms with Crippen LogP contribution in [0, 0.1) is 11.8 Å². The van der Waals surface area contributed by atoms with Gasteiger partial charge in [-0.2, -0.15) is 12.6 Å². The monoisotopic (exact) mass is 193 g/mol. The van der Waals surface area contributed by atoms with E-state index in [0.29, 0.717) is 11.4 Å². The number of methoxy groups -OCH3 is 1. The van der Waals surface area contributed by atoms with Gasteiger partial charge in [0.2, 0.25) is 0 Å². The number of hydrogen-bond donors (Lipinski definition) is 2. The molecule has 68 valence electrons. The number of thiol groups is 1. The van der Waals surface area contributed by atoms with Gasteiger partial charge in [0, 0.05) is 11.6 Å². The summed E-state index contributed by atoms with van der Waals surface area (Å²) in [5.41, 5.74) is 7.18. The van der Waals surface area contributed by atoms with Gasteiger partial charge in [0.1, 0.15) is 5.75 Å². The van der Waals surface area contributed by atoms with E-state index < -0.39 is 0 Å². The minimum absolute atomic E-state index is 0.533. The lowest BCUT2D eigenvalue weighted by Gasteiger charge is -2.02. The second-order valence-corrected chi connectivity index (χ2v) is 2.73. The zero-order valence-electron chi connectivity index (χ0n) is 7.37. The molecule has 0 fully saturated rings. The van der Waals surface area contributed by atoms with E-state index in [1.807, 2.05) is 12.1 Å². The summed E-state index contributed by atoms with van der Waals surface area (Å²) in [4.78, 5) is 0. The Balaban J connectivity index is 2.98. The number of anilines is 1. The number of hydrogen-bond acceptors (Lipinski definition) is 3. The number of rotatable bonds is 1. The summed E-state index contributed by atoms with van der Waals surface area (Å²) < 4.78 is 5.01. The predicted octanol–water partition coefficient (Wildman–Crippen LogP) is 1.56. The first-order chi connectivity index (χ1) is 6.27. The van der Waals surface area contributed by atoms with Gasteiger partial charge in [-0.3, -0.25) is 0 Å². The molecule has 0 saturated heterocycles. The summed E-state index contributed by atoms with van der Waals surface area (Å²) in [5.74, 6) is 7.02. The molecule has 13 heavy (non-hydrogen) atoms. The molecule has 2 nitrogen and oxygen atoms in total. The van der Waals surface area contributed by atoms with Gasteiger partial charge in [-0.25, -0.2) is 0 Å². The van der Waals surface area contributed by atoms with Crippen molar-refractivity contribution in [3.8, 4) is 17.6 Å². The normalized spacial score (nSPS) is 8.77. The largest absolute Gasteiger partial charge is 0.497 e. The second-order valence-electron chi connectivity index (χ2n) is 2.41. The molecule has 0 bridgehead atoms. The summed E-state index contributed by atoms with van der Waals surface area (Å²) in [5, 5.41) is 0. The van der Waals surface area contributed by atoms with Crippen molar-refractivity contribution in [3.05, 3.63) is 23.8 Å². The third-order valence-corrected chi connectivity index (χ3v) is 1.72. The van der Waals surface area contributed by atoms with Crippen LogP contribution in [0.4, 0.5) is 5.69 Å². The fourth-order valence-electron chi connectivity index (χ4n) is 0.916. The van der Waals surface area contributed by atoms with Crippen LogP contribution < -0.4 is 10.5 Å². The Kier molecular flexibility index (Phi) is 3.53. The van der Waals surface area contributed by atoms with Gasteiger partial charge in [-0.15, -0.1) is 0 Å². The molecular weight excluding hydrogens is 182 g/mol. The highest BCUT2D eigenvalue weighted by Gasteiger charge is 1.96. The highest BCUT2D eigenvalue weighted by Crippen LogP contribution is 2.18. The highest BCUT2D eigenvalue weighted by molar-refractivity contribution is 7.80. The molecule has 0 heterocycles. The highest BCUT2D eigenvalue weighted by atomic mass is 32.1. The van der Waals surface area contributed by atoms with Gasteiger partial charge < -0.3 is 10.5 Å². The van der Waals surface area contributed by atoms with Crippen molar-refractivity contribution in [1.82, 2.24) is 0 Å². The molecule has 1 aromatic carbocycles. The molecule has 0 radical (unpaired) electrons. The maximum absolute atomic E-state index is 5.73. The molecule has 0 saturated carbocycles. The fourth-order valence-corrected chi connectivity index (χ4v) is 0.995. The summed E-state index contributed by atoms with van der Waals surface area (Å²) in [6.07, 6.45) is 0. The van der Waals surface area contributed by atoms with E-state index in [1.54, 1.807) is 13.2 Å². The predicted molar refractivity (Wildman–Crippen MR) is 58.1 cm³/mol. The Morgan fingerprint density at radius 3 is 2.85 bits per heavy atom. The van der Waals surface area contributed by atoms with Crippen LogP contribution in [0.1, 0.15) is 5.56 Å². The quantitative estimate of drug-likeness (QED) is 0.403. The van der Waals surface area contributed by atoms with Crippen molar-refractivity contribution in [2.75, 3.05) is 18.6 Å². The number of nitrogens with two attached hydrogens (primary N) is 1. The standard InChI is InChI=1S/C10H11NOS/c1-12-9-5-4-8(3-2-6-13)10(11)7-9/h4-5,7,13H,6,11H2,1H3. The average molecular weight is 193 g/mol. The third-order valence-electron chi connectivity index (χ3n) is 1.56. The lowest BCUT2D eigenvalue weighted by molar-refractivity contribution is 0.415. The molecule has 0 aromatic heterocycles. The Hall–Kier alpha value is -1.27. The second kappa shape index (κ2) is 4.68. The van der Waals surface area contributed by atoms with Crippen LogP contribution in [0.2, 0.25) is 0 Å². The number of nitrogen functional groups attached to an aromatic ring is 1. The van der Waals surface area contributed by atoms with Crippen LogP contribution in [0.3, 0.4) is 0 Å². The molecule has 2 N–H and O–H groups in total. The number of benzene rings is 1. The van der Waals surface area contributed by atoms with E-state index >= 15 is 0 Å². The molecular formula is C10H11NOS. The summed E-state index contributed by atoms with van der Waals surface area (Å²) >= 11 is 3.98. The van der Waals surface area contributed by atoms with E-state index in [9.17, 15) is 0 Å². The molecule has 0 unspecified atom stereocenters. The maximum atomic E-state index is 5.73. The van der Waals surface area contributed by atoms with E-state index in [1.165, 1.54) is 0 Å². The van der Waals surface area contributed by atoms with Crippen LogP contribution in [-0.4, -0.2) is 12.9 Å². The Morgan fingerprint density at radius 2 is 2.31 bits per heavy atom. The zero-order chi connectivity index (χ0) is 9.68. The van der Waals surface area contributed by atoms with Crippen molar-refractivity contribution in [1.29, 1.82) is 0 Å². The van der Waals surface area contributed by atoms with Gasteiger partial charge in [0.25, 0.3) is 0 Å². The molecule has 0 aliphatic rings. The fraction of sp³-hybridized carbons (Fsp3) is 0.200. The van der Waals surface area contributed by atoms with E-state index in [4.69, 9.17) is 10.5 Å². The van der Waals surface area contributed by atoms with Gasteiger partial charge >= 0.3 is 0 Å². The first kappa shape index (κ1) is 9.82. The third kappa shape index (κ3) is 2.60. The van der Waals surface area contributed by atoms with E-state index in [-0.39, 0.29) is 0 Å². The summed E-state index contributed by atoms with van der Waals surface area (Å²) in [6.45, 7) is 0. The molecule has 0 aliphatic carbocycles. The molecule has 0 aliphatic heterocycles. The van der Waals surface area contributed by atoms with Gasteiger partial charge in [0.05, 0.1) is 18.6 Å². The molecule has 0 atom stereocenters. The minimum Gasteiger partial charge on any atom is -0.497 e. The molecule has 1 aromatic rings. The molecule has 1 rings (SSSR count).